The Labute approximate surface area is 184 Å². The van der Waals surface area contributed by atoms with E-state index in [9.17, 15) is 4.79 Å². The van der Waals surface area contributed by atoms with Crippen molar-refractivity contribution in [2.75, 3.05) is 0 Å². The van der Waals surface area contributed by atoms with Crippen LogP contribution in [-0.4, -0.2) is 21.5 Å². The van der Waals surface area contributed by atoms with Gasteiger partial charge in [0.1, 0.15) is 0 Å². The SMILES string of the molecule is CC(C)c1ccc([C@@H]2c3cccn3-c3ccccc3CN2C(=O)NC2CCCC2)cc1. The number of carbonyl (C=O) groups excluding carboxylic acids is 1. The van der Waals surface area contributed by atoms with Crippen LogP contribution in [0.4, 0.5) is 4.79 Å². The zero-order valence-corrected chi connectivity index (χ0v) is 18.4. The predicted octanol–water partition coefficient (Wildman–Crippen LogP) is 6.16. The Morgan fingerprint density at radius 2 is 1.71 bits per heavy atom. The molecule has 160 valence electrons. The van der Waals surface area contributed by atoms with E-state index in [2.05, 4.69) is 90.6 Å². The Balaban J connectivity index is 1.60. The van der Waals surface area contributed by atoms with Gasteiger partial charge in [0.2, 0.25) is 0 Å². The summed E-state index contributed by atoms with van der Waals surface area (Å²) < 4.78 is 2.25. The van der Waals surface area contributed by atoms with Crippen molar-refractivity contribution in [3.05, 3.63) is 89.2 Å². The second kappa shape index (κ2) is 8.26. The highest BCUT2D eigenvalue weighted by Gasteiger charge is 2.34. The molecule has 4 nitrogen and oxygen atoms in total. The lowest BCUT2D eigenvalue weighted by molar-refractivity contribution is 0.176. The van der Waals surface area contributed by atoms with Crippen LogP contribution in [0.2, 0.25) is 0 Å². The third-order valence-corrected chi connectivity index (χ3v) is 6.83. The van der Waals surface area contributed by atoms with Crippen molar-refractivity contribution in [3.8, 4) is 5.69 Å². The fourth-order valence-corrected chi connectivity index (χ4v) is 5.08. The lowest BCUT2D eigenvalue weighted by Crippen LogP contribution is -2.45. The van der Waals surface area contributed by atoms with Crippen molar-refractivity contribution in [1.82, 2.24) is 14.8 Å². The zero-order chi connectivity index (χ0) is 21.4. The molecule has 4 heteroatoms. The number of hydrogen-bond donors (Lipinski definition) is 1. The number of carbonyl (C=O) groups is 1. The molecule has 1 aliphatic carbocycles. The number of rotatable bonds is 3. The Morgan fingerprint density at radius 1 is 0.968 bits per heavy atom. The largest absolute Gasteiger partial charge is 0.335 e. The second-order valence-corrected chi connectivity index (χ2v) is 9.21. The van der Waals surface area contributed by atoms with Crippen molar-refractivity contribution in [3.63, 3.8) is 0 Å². The summed E-state index contributed by atoms with van der Waals surface area (Å²) in [6.45, 7) is 5.01. The van der Waals surface area contributed by atoms with Gasteiger partial charge in [-0.15, -0.1) is 0 Å². The van der Waals surface area contributed by atoms with Gasteiger partial charge in [-0.05, 0) is 53.6 Å². The number of hydrogen-bond acceptors (Lipinski definition) is 1. The Hall–Kier alpha value is -3.01. The third-order valence-electron chi connectivity index (χ3n) is 6.83. The highest BCUT2D eigenvalue weighted by atomic mass is 16.2. The van der Waals surface area contributed by atoms with Gasteiger partial charge in [0.15, 0.2) is 0 Å². The molecule has 1 aromatic heterocycles. The number of nitrogens with zero attached hydrogens (tertiary/aromatic N) is 2. The molecule has 1 saturated carbocycles. The molecule has 2 heterocycles. The van der Waals surface area contributed by atoms with Crippen LogP contribution in [-0.2, 0) is 6.54 Å². The van der Waals surface area contributed by atoms with E-state index in [1.807, 2.05) is 4.90 Å². The van der Waals surface area contributed by atoms with Gasteiger partial charge >= 0.3 is 6.03 Å². The second-order valence-electron chi connectivity index (χ2n) is 9.21. The number of urea groups is 1. The van der Waals surface area contributed by atoms with Crippen LogP contribution in [0.25, 0.3) is 5.69 Å². The fraction of sp³-hybridized carbons (Fsp3) is 0.370. The summed E-state index contributed by atoms with van der Waals surface area (Å²) >= 11 is 0. The minimum Gasteiger partial charge on any atom is -0.335 e. The highest BCUT2D eigenvalue weighted by molar-refractivity contribution is 5.76. The Kier molecular flexibility index (Phi) is 5.31. The molecule has 2 aromatic carbocycles. The maximum atomic E-state index is 13.6. The van der Waals surface area contributed by atoms with Gasteiger partial charge in [0.25, 0.3) is 0 Å². The lowest BCUT2D eigenvalue weighted by Gasteiger charge is -2.32. The lowest BCUT2D eigenvalue weighted by atomic mass is 9.97. The van der Waals surface area contributed by atoms with Crippen LogP contribution < -0.4 is 5.32 Å². The fourth-order valence-electron chi connectivity index (χ4n) is 5.08. The molecule has 1 fully saturated rings. The molecule has 0 spiro atoms. The standard InChI is InChI=1S/C27H31N3O/c1-19(2)20-13-15-21(16-14-20)26-25-12-7-17-29(25)24-11-6-3-8-22(24)18-30(26)27(31)28-23-9-4-5-10-23/h3,6-8,11-17,19,23,26H,4-5,9-10,18H2,1-2H3,(H,28,31)/t26-/m1/s1. The molecule has 5 rings (SSSR count). The predicted molar refractivity (Wildman–Crippen MR) is 124 cm³/mol. The van der Waals surface area contributed by atoms with Crippen LogP contribution >= 0.6 is 0 Å². The van der Waals surface area contributed by atoms with E-state index in [1.165, 1.54) is 24.0 Å². The van der Waals surface area contributed by atoms with Crippen molar-refractivity contribution in [2.24, 2.45) is 0 Å². The van der Waals surface area contributed by atoms with Crippen LogP contribution in [0, 0.1) is 0 Å². The first-order valence-electron chi connectivity index (χ1n) is 11.5. The summed E-state index contributed by atoms with van der Waals surface area (Å²) in [6, 6.07) is 21.7. The monoisotopic (exact) mass is 413 g/mol. The van der Waals surface area contributed by atoms with E-state index < -0.39 is 0 Å². The molecule has 1 aliphatic heterocycles. The average Bonchev–Trinajstić information content (AvgIpc) is 3.44. The van der Waals surface area contributed by atoms with Gasteiger partial charge in [-0.2, -0.15) is 0 Å². The van der Waals surface area contributed by atoms with Gasteiger partial charge in [-0.25, -0.2) is 4.79 Å². The van der Waals surface area contributed by atoms with Gasteiger partial charge in [-0.3, -0.25) is 0 Å². The smallest absolute Gasteiger partial charge is 0.318 e. The average molecular weight is 414 g/mol. The summed E-state index contributed by atoms with van der Waals surface area (Å²) in [4.78, 5) is 15.6. The molecular formula is C27H31N3O. The van der Waals surface area contributed by atoms with Crippen LogP contribution in [0.5, 0.6) is 0 Å². The zero-order valence-electron chi connectivity index (χ0n) is 18.4. The molecule has 0 bridgehead atoms. The van der Waals surface area contributed by atoms with E-state index >= 15 is 0 Å². The van der Waals surface area contributed by atoms with Gasteiger partial charge in [-0.1, -0.05) is 69.2 Å². The highest BCUT2D eigenvalue weighted by Crippen LogP contribution is 2.37. The van der Waals surface area contributed by atoms with E-state index in [-0.39, 0.29) is 12.1 Å². The molecule has 1 atom stereocenters. The minimum atomic E-state index is -0.134. The summed E-state index contributed by atoms with van der Waals surface area (Å²) in [7, 11) is 0. The molecule has 0 radical (unpaired) electrons. The number of fused-ring (bicyclic) bond motifs is 3. The van der Waals surface area contributed by atoms with E-state index in [0.29, 0.717) is 18.5 Å². The first kappa shape index (κ1) is 19.9. The van der Waals surface area contributed by atoms with E-state index in [0.717, 1.165) is 29.8 Å². The first-order valence-corrected chi connectivity index (χ1v) is 11.5. The topological polar surface area (TPSA) is 37.3 Å². The number of aromatic nitrogens is 1. The van der Waals surface area contributed by atoms with Gasteiger partial charge in [0, 0.05) is 17.9 Å². The number of para-hydroxylation sites is 1. The molecule has 2 aliphatic rings. The summed E-state index contributed by atoms with van der Waals surface area (Å²) in [5, 5.41) is 3.34. The van der Waals surface area contributed by atoms with Gasteiger partial charge in [0.05, 0.1) is 18.3 Å². The molecule has 0 unspecified atom stereocenters. The molecule has 2 amide bonds. The van der Waals surface area contributed by atoms with Crippen molar-refractivity contribution in [2.45, 2.75) is 64.1 Å². The summed E-state index contributed by atoms with van der Waals surface area (Å²) in [5.74, 6) is 0.484. The third kappa shape index (κ3) is 3.76. The summed E-state index contributed by atoms with van der Waals surface area (Å²) in [6.07, 6.45) is 6.69. The minimum absolute atomic E-state index is 0.0364. The molecule has 31 heavy (non-hydrogen) atoms. The maximum Gasteiger partial charge on any atom is 0.318 e. The molecule has 1 N–H and O–H groups in total. The van der Waals surface area contributed by atoms with Crippen LogP contribution in [0.1, 0.15) is 73.9 Å². The number of benzene rings is 2. The van der Waals surface area contributed by atoms with Crippen LogP contribution in [0.15, 0.2) is 66.9 Å². The Morgan fingerprint density at radius 3 is 2.45 bits per heavy atom. The quantitative estimate of drug-likeness (QED) is 0.549. The first-order chi connectivity index (χ1) is 15.1. The number of amides is 2. The molecular weight excluding hydrogens is 382 g/mol. The van der Waals surface area contributed by atoms with Gasteiger partial charge < -0.3 is 14.8 Å². The van der Waals surface area contributed by atoms with Crippen molar-refractivity contribution in [1.29, 1.82) is 0 Å². The molecule has 3 aromatic rings. The van der Waals surface area contributed by atoms with E-state index in [4.69, 9.17) is 0 Å². The number of nitrogens with one attached hydrogen (secondary N) is 1. The van der Waals surface area contributed by atoms with Crippen LogP contribution in [0.3, 0.4) is 0 Å². The Bertz CT molecular complexity index is 1060. The van der Waals surface area contributed by atoms with Crippen molar-refractivity contribution >= 4 is 6.03 Å². The van der Waals surface area contributed by atoms with Crippen molar-refractivity contribution < 1.29 is 4.79 Å². The van der Waals surface area contributed by atoms with E-state index in [1.54, 1.807) is 0 Å². The molecule has 0 saturated heterocycles. The summed E-state index contributed by atoms with van der Waals surface area (Å²) in [5.41, 5.74) is 5.92. The normalized spacial score (nSPS) is 18.5. The maximum absolute atomic E-state index is 13.6.